The van der Waals surface area contributed by atoms with Gasteiger partial charge in [-0.2, -0.15) is 11.8 Å². The van der Waals surface area contributed by atoms with Crippen molar-refractivity contribution in [2.75, 3.05) is 25.1 Å². The lowest BCUT2D eigenvalue weighted by atomic mass is 10.2. The molecule has 76 valence electrons. The van der Waals surface area contributed by atoms with Crippen molar-refractivity contribution in [3.8, 4) is 0 Å². The predicted molar refractivity (Wildman–Crippen MR) is 57.2 cm³/mol. The van der Waals surface area contributed by atoms with Gasteiger partial charge in [0.15, 0.2) is 0 Å². The van der Waals surface area contributed by atoms with Gasteiger partial charge in [0.1, 0.15) is 0 Å². The highest BCUT2D eigenvalue weighted by Crippen LogP contribution is 2.01. The van der Waals surface area contributed by atoms with Crippen LogP contribution in [0.5, 0.6) is 0 Å². The lowest BCUT2D eigenvalue weighted by Gasteiger charge is -2.08. The molecule has 4 heteroatoms. The van der Waals surface area contributed by atoms with Gasteiger partial charge in [0.05, 0.1) is 0 Å². The Morgan fingerprint density at radius 3 is 2.92 bits per heavy atom. The highest BCUT2D eigenvalue weighted by Gasteiger charge is 1.98. The van der Waals surface area contributed by atoms with E-state index in [0.29, 0.717) is 12.5 Å². The topological polar surface area (TPSA) is 49.3 Å². The summed E-state index contributed by atoms with van der Waals surface area (Å²) in [6.45, 7) is 3.74. The Bertz CT molecular complexity index is 171. The average molecular weight is 203 g/mol. The highest BCUT2D eigenvalue weighted by molar-refractivity contribution is 7.98. The summed E-state index contributed by atoms with van der Waals surface area (Å²) in [6, 6.07) is 0. The fourth-order valence-electron chi connectivity index (χ4n) is 0.916. The summed E-state index contributed by atoms with van der Waals surface area (Å²) >= 11 is 1.83. The van der Waals surface area contributed by atoms with Gasteiger partial charge >= 0.3 is 5.97 Å². The molecule has 0 aromatic heterocycles. The molecule has 13 heavy (non-hydrogen) atoms. The minimum absolute atomic E-state index is 0.630. The number of carboxylic acid groups (broad SMARTS) is 1. The molecule has 0 aliphatic carbocycles. The number of hydrogen-bond acceptors (Lipinski definition) is 3. The lowest BCUT2D eigenvalue weighted by Crippen LogP contribution is -2.22. The standard InChI is InChI=1S/C9H17NO2S/c1-8(7-13-2)6-10-5-3-4-9(11)12/h3-4,8,10H,5-7H2,1-2H3,(H,11,12)/b4-3+. The van der Waals surface area contributed by atoms with Crippen LogP contribution in [0.1, 0.15) is 6.92 Å². The molecule has 0 aliphatic rings. The van der Waals surface area contributed by atoms with Crippen molar-refractivity contribution < 1.29 is 9.90 Å². The number of hydrogen-bond donors (Lipinski definition) is 2. The smallest absolute Gasteiger partial charge is 0.328 e. The second-order valence-electron chi connectivity index (χ2n) is 2.96. The van der Waals surface area contributed by atoms with E-state index in [-0.39, 0.29) is 0 Å². The van der Waals surface area contributed by atoms with Gasteiger partial charge in [0.25, 0.3) is 0 Å². The monoisotopic (exact) mass is 203 g/mol. The van der Waals surface area contributed by atoms with Crippen molar-refractivity contribution >= 4 is 17.7 Å². The van der Waals surface area contributed by atoms with Crippen molar-refractivity contribution in [1.82, 2.24) is 5.32 Å². The number of carboxylic acids is 1. The molecule has 0 aliphatic heterocycles. The van der Waals surface area contributed by atoms with Gasteiger partial charge in [0, 0.05) is 12.6 Å². The molecule has 0 radical (unpaired) electrons. The van der Waals surface area contributed by atoms with E-state index in [4.69, 9.17) is 5.11 Å². The minimum atomic E-state index is -0.890. The van der Waals surface area contributed by atoms with E-state index in [2.05, 4.69) is 18.5 Å². The number of carbonyl (C=O) groups is 1. The van der Waals surface area contributed by atoms with Crippen LogP contribution < -0.4 is 5.32 Å². The zero-order valence-corrected chi connectivity index (χ0v) is 8.93. The van der Waals surface area contributed by atoms with Crippen LogP contribution in [-0.2, 0) is 4.79 Å². The maximum Gasteiger partial charge on any atom is 0.328 e. The Hall–Kier alpha value is -0.480. The van der Waals surface area contributed by atoms with Gasteiger partial charge in [-0.3, -0.25) is 0 Å². The first-order valence-corrected chi connectivity index (χ1v) is 5.65. The van der Waals surface area contributed by atoms with Gasteiger partial charge < -0.3 is 10.4 Å². The fraction of sp³-hybridized carbons (Fsp3) is 0.667. The third-order valence-electron chi connectivity index (χ3n) is 1.47. The number of thioether (sulfide) groups is 1. The molecule has 3 nitrogen and oxygen atoms in total. The number of nitrogens with one attached hydrogen (secondary N) is 1. The number of rotatable bonds is 7. The van der Waals surface area contributed by atoms with Gasteiger partial charge in [0.2, 0.25) is 0 Å². The summed E-state index contributed by atoms with van der Waals surface area (Å²) in [7, 11) is 0. The van der Waals surface area contributed by atoms with Crippen LogP contribution in [0.25, 0.3) is 0 Å². The zero-order chi connectivity index (χ0) is 10.1. The minimum Gasteiger partial charge on any atom is -0.478 e. The first-order valence-electron chi connectivity index (χ1n) is 4.26. The molecule has 0 heterocycles. The lowest BCUT2D eigenvalue weighted by molar-refractivity contribution is -0.131. The summed E-state index contributed by atoms with van der Waals surface area (Å²) in [5.74, 6) is 0.877. The Morgan fingerprint density at radius 1 is 1.69 bits per heavy atom. The molecular formula is C9H17NO2S. The van der Waals surface area contributed by atoms with E-state index < -0.39 is 5.97 Å². The van der Waals surface area contributed by atoms with Crippen molar-refractivity contribution in [1.29, 1.82) is 0 Å². The molecule has 0 aromatic carbocycles. The summed E-state index contributed by atoms with van der Waals surface area (Å²) < 4.78 is 0. The quantitative estimate of drug-likeness (QED) is 0.482. The fourth-order valence-corrected chi connectivity index (χ4v) is 1.60. The van der Waals surface area contributed by atoms with Crippen molar-refractivity contribution in [3.05, 3.63) is 12.2 Å². The molecule has 1 unspecified atom stereocenters. The Balaban J connectivity index is 3.29. The van der Waals surface area contributed by atoms with Crippen LogP contribution in [0.2, 0.25) is 0 Å². The maximum atomic E-state index is 10.1. The summed E-state index contributed by atoms with van der Waals surface area (Å²) in [5, 5.41) is 11.5. The molecule has 0 saturated heterocycles. The molecule has 0 bridgehead atoms. The largest absolute Gasteiger partial charge is 0.478 e. The van der Waals surface area contributed by atoms with Crippen LogP contribution in [0.3, 0.4) is 0 Å². The molecule has 0 amide bonds. The first-order chi connectivity index (χ1) is 6.16. The Labute approximate surface area is 83.6 Å². The summed E-state index contributed by atoms with van der Waals surface area (Å²) in [6.07, 6.45) is 4.86. The molecule has 0 spiro atoms. The SMILES string of the molecule is CSCC(C)CNC/C=C/C(=O)O. The van der Waals surface area contributed by atoms with Crippen LogP contribution in [0.4, 0.5) is 0 Å². The van der Waals surface area contributed by atoms with Crippen LogP contribution in [0.15, 0.2) is 12.2 Å². The van der Waals surface area contributed by atoms with Gasteiger partial charge in [-0.25, -0.2) is 4.79 Å². The van der Waals surface area contributed by atoms with E-state index in [1.54, 1.807) is 6.08 Å². The molecule has 0 aromatic rings. The van der Waals surface area contributed by atoms with E-state index in [9.17, 15) is 4.79 Å². The van der Waals surface area contributed by atoms with Crippen molar-refractivity contribution in [2.45, 2.75) is 6.92 Å². The third-order valence-corrected chi connectivity index (χ3v) is 2.37. The highest BCUT2D eigenvalue weighted by atomic mass is 32.2. The van der Waals surface area contributed by atoms with Crippen LogP contribution >= 0.6 is 11.8 Å². The molecule has 1 atom stereocenters. The maximum absolute atomic E-state index is 10.1. The summed E-state index contributed by atoms with van der Waals surface area (Å²) in [5.41, 5.74) is 0. The second-order valence-corrected chi connectivity index (χ2v) is 3.87. The normalized spacial score (nSPS) is 13.4. The van der Waals surface area contributed by atoms with E-state index in [0.717, 1.165) is 18.4 Å². The van der Waals surface area contributed by atoms with E-state index >= 15 is 0 Å². The molecule has 2 N–H and O–H groups in total. The number of aliphatic carboxylic acids is 1. The second kappa shape index (κ2) is 8.13. The Kier molecular flexibility index (Phi) is 7.83. The van der Waals surface area contributed by atoms with Gasteiger partial charge in [-0.1, -0.05) is 13.0 Å². The average Bonchev–Trinajstić information content (AvgIpc) is 2.03. The van der Waals surface area contributed by atoms with Gasteiger partial charge in [-0.05, 0) is 24.5 Å². The van der Waals surface area contributed by atoms with Crippen LogP contribution in [-0.4, -0.2) is 36.2 Å². The zero-order valence-electron chi connectivity index (χ0n) is 8.12. The van der Waals surface area contributed by atoms with Crippen molar-refractivity contribution in [2.24, 2.45) is 5.92 Å². The van der Waals surface area contributed by atoms with Gasteiger partial charge in [-0.15, -0.1) is 0 Å². The van der Waals surface area contributed by atoms with Crippen LogP contribution in [0, 0.1) is 5.92 Å². The van der Waals surface area contributed by atoms with E-state index in [1.807, 2.05) is 11.8 Å². The third kappa shape index (κ3) is 9.43. The molecule has 0 fully saturated rings. The molecule has 0 rings (SSSR count). The Morgan fingerprint density at radius 2 is 2.38 bits per heavy atom. The predicted octanol–water partition coefficient (Wildman–Crippen LogP) is 1.22. The molecular weight excluding hydrogens is 186 g/mol. The first kappa shape index (κ1) is 12.5. The van der Waals surface area contributed by atoms with Crippen molar-refractivity contribution in [3.63, 3.8) is 0 Å². The van der Waals surface area contributed by atoms with E-state index in [1.165, 1.54) is 0 Å². The molecule has 0 saturated carbocycles. The summed E-state index contributed by atoms with van der Waals surface area (Å²) in [4.78, 5) is 10.1.